The molecule has 0 bridgehead atoms. The summed E-state index contributed by atoms with van der Waals surface area (Å²) in [4.78, 5) is 83.4. The molecular formula is C45H76N6O8. The van der Waals surface area contributed by atoms with Crippen molar-refractivity contribution in [2.24, 2.45) is 34.2 Å². The van der Waals surface area contributed by atoms with E-state index in [0.717, 1.165) is 31.2 Å². The third kappa shape index (κ3) is 23.9. The molecule has 0 fully saturated rings. The van der Waals surface area contributed by atoms with Crippen molar-refractivity contribution in [2.75, 3.05) is 19.8 Å². The standard InChI is InChI=1S/C45H76N6O8/c1-5-6-7-8-9-10-11-12-13-14-15-16-20-25-41(57)51-42(32(2)3)40(56)28-35(27-34-22-18-17-19-23-34)43(58)49-37(24-21-26-48-45(46)47)39(55)29-36(30-52)44(59)50-38(31-53)33(4)54/h17-19,22-23,32,35-38,42,52-53H,5-16,20-21,24-31H2,1-4H3,(H,49,58)(H,50,59)(H,51,57)(H4,46,47,48)/t35-,36+,37+,38+,42+/m1/s1. The van der Waals surface area contributed by atoms with Crippen LogP contribution in [0.1, 0.15) is 149 Å². The smallest absolute Gasteiger partial charge is 0.226 e. The number of hydrogen-bond acceptors (Lipinski definition) is 9. The average molecular weight is 829 g/mol. The lowest BCUT2D eigenvalue weighted by atomic mass is 9.87. The molecule has 0 heterocycles. The van der Waals surface area contributed by atoms with Gasteiger partial charge in [0.15, 0.2) is 23.3 Å². The Morgan fingerprint density at radius 2 is 1.19 bits per heavy atom. The molecule has 3 amide bonds. The molecule has 14 heteroatoms. The van der Waals surface area contributed by atoms with E-state index >= 15 is 0 Å². The minimum atomic E-state index is -1.26. The fourth-order valence-electron chi connectivity index (χ4n) is 6.99. The molecule has 0 aliphatic heterocycles. The zero-order valence-electron chi connectivity index (χ0n) is 36.4. The summed E-state index contributed by atoms with van der Waals surface area (Å²) >= 11 is 0. The Bertz CT molecular complexity index is 1420. The largest absolute Gasteiger partial charge is 0.396 e. The highest BCUT2D eigenvalue weighted by atomic mass is 16.3. The molecule has 334 valence electrons. The first-order valence-electron chi connectivity index (χ1n) is 22.0. The summed E-state index contributed by atoms with van der Waals surface area (Å²) in [6.45, 7) is 5.89. The lowest BCUT2D eigenvalue weighted by Crippen LogP contribution is -2.49. The second-order valence-electron chi connectivity index (χ2n) is 16.3. The van der Waals surface area contributed by atoms with Crippen LogP contribution in [0.25, 0.3) is 0 Å². The second-order valence-corrected chi connectivity index (χ2v) is 16.3. The van der Waals surface area contributed by atoms with Gasteiger partial charge in [-0.3, -0.25) is 33.8 Å². The van der Waals surface area contributed by atoms with E-state index in [4.69, 9.17) is 11.5 Å². The Kier molecular flexibility index (Phi) is 28.4. The highest BCUT2D eigenvalue weighted by Gasteiger charge is 2.33. The number of guanidine groups is 1. The van der Waals surface area contributed by atoms with Crippen molar-refractivity contribution in [3.05, 3.63) is 35.9 Å². The molecule has 1 aromatic rings. The van der Waals surface area contributed by atoms with Gasteiger partial charge in [-0.25, -0.2) is 0 Å². The number of aliphatic imine (C=N–C) groups is 1. The first kappa shape index (κ1) is 52.8. The number of aliphatic hydroxyl groups excluding tert-OH is 2. The summed E-state index contributed by atoms with van der Waals surface area (Å²) in [5.41, 5.74) is 11.7. The van der Waals surface area contributed by atoms with E-state index in [1.165, 1.54) is 64.7 Å². The molecule has 0 unspecified atom stereocenters. The molecule has 9 N–H and O–H groups in total. The Morgan fingerprint density at radius 3 is 1.69 bits per heavy atom. The van der Waals surface area contributed by atoms with Gasteiger partial charge in [-0.1, -0.05) is 128 Å². The van der Waals surface area contributed by atoms with Crippen molar-refractivity contribution in [1.29, 1.82) is 0 Å². The quantitative estimate of drug-likeness (QED) is 0.0285. The molecule has 0 radical (unpaired) electrons. The summed E-state index contributed by atoms with van der Waals surface area (Å²) in [6, 6.07) is 6.02. The van der Waals surface area contributed by atoms with Crippen LogP contribution in [0, 0.1) is 17.8 Å². The minimum absolute atomic E-state index is 0.0870. The van der Waals surface area contributed by atoms with Gasteiger partial charge in [0.25, 0.3) is 0 Å². The fourth-order valence-corrected chi connectivity index (χ4v) is 6.99. The van der Waals surface area contributed by atoms with Crippen LogP contribution in [0.15, 0.2) is 35.3 Å². The maximum Gasteiger partial charge on any atom is 0.226 e. The van der Waals surface area contributed by atoms with Gasteiger partial charge in [0, 0.05) is 31.7 Å². The van der Waals surface area contributed by atoms with Crippen molar-refractivity contribution in [3.8, 4) is 0 Å². The third-order valence-electron chi connectivity index (χ3n) is 10.7. The molecule has 14 nitrogen and oxygen atoms in total. The first-order valence-corrected chi connectivity index (χ1v) is 22.0. The monoisotopic (exact) mass is 829 g/mol. The van der Waals surface area contributed by atoms with Crippen LogP contribution < -0.4 is 27.4 Å². The van der Waals surface area contributed by atoms with Crippen molar-refractivity contribution < 1.29 is 39.0 Å². The number of carbonyl (C=O) groups is 6. The average Bonchev–Trinajstić information content (AvgIpc) is 3.20. The Hall–Kier alpha value is -4.17. The summed E-state index contributed by atoms with van der Waals surface area (Å²) in [6.07, 6.45) is 15.8. The van der Waals surface area contributed by atoms with E-state index in [-0.39, 0.29) is 55.8 Å². The first-order chi connectivity index (χ1) is 28.2. The number of nitrogens with one attached hydrogen (secondary N) is 3. The zero-order valence-corrected chi connectivity index (χ0v) is 36.4. The van der Waals surface area contributed by atoms with Gasteiger partial charge in [-0.05, 0) is 44.1 Å². The van der Waals surface area contributed by atoms with E-state index < -0.39 is 73.0 Å². The van der Waals surface area contributed by atoms with Crippen LogP contribution in [0.2, 0.25) is 0 Å². The number of amides is 3. The minimum Gasteiger partial charge on any atom is -0.396 e. The normalized spacial score (nSPS) is 13.7. The molecule has 0 saturated heterocycles. The number of ketones is 3. The van der Waals surface area contributed by atoms with Crippen LogP contribution in [-0.4, -0.2) is 89.1 Å². The van der Waals surface area contributed by atoms with Gasteiger partial charge in [0.1, 0.15) is 6.04 Å². The predicted octanol–water partition coefficient (Wildman–Crippen LogP) is 4.60. The van der Waals surface area contributed by atoms with Gasteiger partial charge in [-0.2, -0.15) is 0 Å². The van der Waals surface area contributed by atoms with Crippen LogP contribution in [0.5, 0.6) is 0 Å². The number of benzene rings is 1. The van der Waals surface area contributed by atoms with E-state index in [1.54, 1.807) is 0 Å². The van der Waals surface area contributed by atoms with Crippen LogP contribution in [0.4, 0.5) is 0 Å². The van der Waals surface area contributed by atoms with Gasteiger partial charge in [0.2, 0.25) is 17.7 Å². The lowest BCUT2D eigenvalue weighted by Gasteiger charge is -2.26. The van der Waals surface area contributed by atoms with Crippen molar-refractivity contribution in [3.63, 3.8) is 0 Å². The third-order valence-corrected chi connectivity index (χ3v) is 10.7. The Labute approximate surface area is 352 Å². The molecular weight excluding hydrogens is 753 g/mol. The van der Waals surface area contributed by atoms with E-state index in [9.17, 15) is 39.0 Å². The SMILES string of the molecule is CCCCCCCCCCCCCCCC(=O)N[C@H](C(=O)C[C@@H](Cc1ccccc1)C(=O)N[C@@H](CCCN=C(N)N)C(=O)C[C@@H](CO)C(=O)N[C@@H](CO)C(C)=O)C(C)C. The molecule has 0 aliphatic carbocycles. The summed E-state index contributed by atoms with van der Waals surface area (Å²) in [5, 5.41) is 27.5. The topological polar surface area (TPSA) is 243 Å². The van der Waals surface area contributed by atoms with Gasteiger partial charge in [0.05, 0.1) is 31.2 Å². The fraction of sp³-hybridized carbons (Fsp3) is 0.711. The van der Waals surface area contributed by atoms with Crippen molar-refractivity contribution in [2.45, 2.75) is 168 Å². The van der Waals surface area contributed by atoms with Crippen molar-refractivity contribution >= 4 is 41.0 Å². The van der Waals surface area contributed by atoms with E-state index in [2.05, 4.69) is 27.9 Å². The van der Waals surface area contributed by atoms with Gasteiger partial charge >= 0.3 is 0 Å². The highest BCUT2D eigenvalue weighted by molar-refractivity contribution is 5.96. The summed E-state index contributed by atoms with van der Waals surface area (Å²) in [5.74, 6) is -5.48. The number of carbonyl (C=O) groups excluding carboxylic acids is 6. The molecule has 59 heavy (non-hydrogen) atoms. The molecule has 0 spiro atoms. The number of hydrogen-bond donors (Lipinski definition) is 7. The number of nitrogens with two attached hydrogens (primary N) is 2. The second kappa shape index (κ2) is 31.7. The number of unbranched alkanes of at least 4 members (excludes halogenated alkanes) is 12. The lowest BCUT2D eigenvalue weighted by molar-refractivity contribution is -0.136. The molecule has 1 aromatic carbocycles. The number of Topliss-reactive ketones (excluding diaryl/α,β-unsaturated/α-hetero) is 3. The van der Waals surface area contributed by atoms with Crippen LogP contribution >= 0.6 is 0 Å². The number of rotatable bonds is 35. The molecule has 0 aromatic heterocycles. The number of nitrogens with zero attached hydrogens (tertiary/aromatic N) is 1. The van der Waals surface area contributed by atoms with E-state index in [1.807, 2.05) is 44.2 Å². The van der Waals surface area contributed by atoms with Gasteiger partial charge < -0.3 is 37.6 Å². The Morgan fingerprint density at radius 1 is 0.661 bits per heavy atom. The van der Waals surface area contributed by atoms with Crippen LogP contribution in [0.3, 0.4) is 0 Å². The maximum atomic E-state index is 14.1. The van der Waals surface area contributed by atoms with Gasteiger partial charge in [-0.15, -0.1) is 0 Å². The number of aliphatic hydroxyl groups is 2. The Balaban J connectivity index is 2.99. The summed E-state index contributed by atoms with van der Waals surface area (Å²) < 4.78 is 0. The molecule has 5 atom stereocenters. The van der Waals surface area contributed by atoms with E-state index in [0.29, 0.717) is 6.42 Å². The highest BCUT2D eigenvalue weighted by Crippen LogP contribution is 2.19. The van der Waals surface area contributed by atoms with Crippen LogP contribution in [-0.2, 0) is 35.2 Å². The maximum absolute atomic E-state index is 14.1. The van der Waals surface area contributed by atoms with Crippen molar-refractivity contribution in [1.82, 2.24) is 16.0 Å². The molecule has 0 saturated carbocycles. The molecule has 0 aliphatic rings. The predicted molar refractivity (Wildman–Crippen MR) is 232 cm³/mol. The molecule has 1 rings (SSSR count). The summed E-state index contributed by atoms with van der Waals surface area (Å²) in [7, 11) is 0. The zero-order chi connectivity index (χ0) is 44.0.